The first-order valence-corrected chi connectivity index (χ1v) is 9.14. The molecule has 0 radical (unpaired) electrons. The van der Waals surface area contributed by atoms with Crippen LogP contribution in [0.4, 0.5) is 0 Å². The summed E-state index contributed by atoms with van der Waals surface area (Å²) in [6, 6.07) is 0.456. The molecule has 2 N–H and O–H groups in total. The molecule has 4 nitrogen and oxygen atoms in total. The summed E-state index contributed by atoms with van der Waals surface area (Å²) in [6.07, 6.45) is 4.75. The van der Waals surface area contributed by atoms with Crippen molar-refractivity contribution >= 4 is 17.3 Å². The van der Waals surface area contributed by atoms with Crippen molar-refractivity contribution in [2.75, 3.05) is 13.6 Å². The standard InChI is InChI=1S/C17H32N4S/c1-12(2)8-7-9-13(3)20-17(18-6)19-11-10-16-14(4)21-15(5)22-16/h12-13H,7-11H2,1-6H3,(H2,18,19,20). The summed E-state index contributed by atoms with van der Waals surface area (Å²) in [6.45, 7) is 11.8. The Hall–Kier alpha value is -1.10. The Balaban J connectivity index is 2.29. The molecule has 0 bridgehead atoms. The maximum absolute atomic E-state index is 4.47. The van der Waals surface area contributed by atoms with Crippen molar-refractivity contribution in [2.45, 2.75) is 66.3 Å². The zero-order valence-corrected chi connectivity index (χ0v) is 15.8. The van der Waals surface area contributed by atoms with Gasteiger partial charge >= 0.3 is 0 Å². The molecule has 1 atom stereocenters. The molecule has 1 unspecified atom stereocenters. The summed E-state index contributed by atoms with van der Waals surface area (Å²) < 4.78 is 0. The molecule has 0 saturated heterocycles. The van der Waals surface area contributed by atoms with E-state index in [1.165, 1.54) is 24.1 Å². The molecule has 0 spiro atoms. The SMILES string of the molecule is CN=C(NCCc1sc(C)nc1C)NC(C)CCCC(C)C. The first kappa shape index (κ1) is 18.9. The van der Waals surface area contributed by atoms with Gasteiger partial charge in [0, 0.05) is 30.9 Å². The number of aliphatic imine (C=N–C) groups is 1. The highest BCUT2D eigenvalue weighted by atomic mass is 32.1. The van der Waals surface area contributed by atoms with E-state index in [0.29, 0.717) is 6.04 Å². The minimum absolute atomic E-state index is 0.456. The largest absolute Gasteiger partial charge is 0.356 e. The molecule has 0 saturated carbocycles. The lowest BCUT2D eigenvalue weighted by atomic mass is 10.0. The minimum atomic E-state index is 0.456. The van der Waals surface area contributed by atoms with E-state index >= 15 is 0 Å². The van der Waals surface area contributed by atoms with Gasteiger partial charge in [0.05, 0.1) is 10.7 Å². The van der Waals surface area contributed by atoms with Gasteiger partial charge < -0.3 is 10.6 Å². The first-order valence-electron chi connectivity index (χ1n) is 8.32. The van der Waals surface area contributed by atoms with Crippen LogP contribution in [0.3, 0.4) is 0 Å². The van der Waals surface area contributed by atoms with Crippen LogP contribution >= 0.6 is 11.3 Å². The van der Waals surface area contributed by atoms with Crippen molar-refractivity contribution in [3.8, 4) is 0 Å². The molecule has 1 rings (SSSR count). The molecule has 1 heterocycles. The van der Waals surface area contributed by atoms with Gasteiger partial charge in [0.1, 0.15) is 0 Å². The maximum Gasteiger partial charge on any atom is 0.191 e. The Morgan fingerprint density at radius 2 is 1.95 bits per heavy atom. The highest BCUT2D eigenvalue weighted by molar-refractivity contribution is 7.11. The Kier molecular flexibility index (Phi) is 8.46. The smallest absolute Gasteiger partial charge is 0.191 e. The second-order valence-corrected chi connectivity index (χ2v) is 7.65. The van der Waals surface area contributed by atoms with Gasteiger partial charge in [-0.05, 0) is 33.1 Å². The van der Waals surface area contributed by atoms with E-state index < -0.39 is 0 Å². The zero-order valence-electron chi connectivity index (χ0n) is 15.0. The highest BCUT2D eigenvalue weighted by Gasteiger charge is 2.07. The molecule has 0 aliphatic rings. The number of hydrogen-bond donors (Lipinski definition) is 2. The first-order chi connectivity index (χ1) is 10.4. The van der Waals surface area contributed by atoms with E-state index in [9.17, 15) is 0 Å². The van der Waals surface area contributed by atoms with Crippen molar-refractivity contribution in [3.63, 3.8) is 0 Å². The van der Waals surface area contributed by atoms with Crippen molar-refractivity contribution in [1.82, 2.24) is 15.6 Å². The van der Waals surface area contributed by atoms with Crippen LogP contribution in [0.5, 0.6) is 0 Å². The maximum atomic E-state index is 4.47. The summed E-state index contributed by atoms with van der Waals surface area (Å²) in [5.41, 5.74) is 1.16. The number of thiazole rings is 1. The van der Waals surface area contributed by atoms with Gasteiger partial charge in [0.2, 0.25) is 0 Å². The fourth-order valence-corrected chi connectivity index (χ4v) is 3.37. The molecule has 22 heavy (non-hydrogen) atoms. The van der Waals surface area contributed by atoms with Crippen LogP contribution in [0.1, 0.15) is 55.6 Å². The number of aromatic nitrogens is 1. The average molecular weight is 325 g/mol. The average Bonchev–Trinajstić information content (AvgIpc) is 2.75. The van der Waals surface area contributed by atoms with E-state index in [1.54, 1.807) is 11.3 Å². The van der Waals surface area contributed by atoms with E-state index in [1.807, 2.05) is 7.05 Å². The van der Waals surface area contributed by atoms with Crippen molar-refractivity contribution in [2.24, 2.45) is 10.9 Å². The molecule has 0 aliphatic heterocycles. The molecular formula is C17H32N4S. The van der Waals surface area contributed by atoms with Crippen molar-refractivity contribution in [1.29, 1.82) is 0 Å². The van der Waals surface area contributed by atoms with Crippen LogP contribution in [0, 0.1) is 19.8 Å². The van der Waals surface area contributed by atoms with E-state index in [-0.39, 0.29) is 0 Å². The summed E-state index contributed by atoms with van der Waals surface area (Å²) in [7, 11) is 1.83. The van der Waals surface area contributed by atoms with Gasteiger partial charge in [-0.15, -0.1) is 11.3 Å². The lowest BCUT2D eigenvalue weighted by molar-refractivity contribution is 0.491. The number of hydrogen-bond acceptors (Lipinski definition) is 3. The minimum Gasteiger partial charge on any atom is -0.356 e. The van der Waals surface area contributed by atoms with Crippen LogP contribution < -0.4 is 10.6 Å². The van der Waals surface area contributed by atoms with Crippen LogP contribution in [-0.2, 0) is 6.42 Å². The lowest BCUT2D eigenvalue weighted by Gasteiger charge is -2.18. The van der Waals surface area contributed by atoms with E-state index in [0.717, 1.165) is 35.5 Å². The molecule has 0 aromatic carbocycles. The summed E-state index contributed by atoms with van der Waals surface area (Å²) in [5.74, 6) is 1.69. The molecule has 0 aliphatic carbocycles. The molecule has 1 aromatic rings. The number of guanidine groups is 1. The molecule has 126 valence electrons. The topological polar surface area (TPSA) is 49.3 Å². The molecular weight excluding hydrogens is 292 g/mol. The Morgan fingerprint density at radius 1 is 1.23 bits per heavy atom. The normalized spacial score (nSPS) is 13.5. The lowest BCUT2D eigenvalue weighted by Crippen LogP contribution is -2.42. The van der Waals surface area contributed by atoms with Crippen LogP contribution in [0.15, 0.2) is 4.99 Å². The quantitative estimate of drug-likeness (QED) is 0.566. The second kappa shape index (κ2) is 9.82. The Morgan fingerprint density at radius 3 is 2.50 bits per heavy atom. The van der Waals surface area contributed by atoms with Crippen LogP contribution in [0.25, 0.3) is 0 Å². The number of rotatable bonds is 8. The van der Waals surface area contributed by atoms with Gasteiger partial charge in [-0.25, -0.2) is 4.98 Å². The van der Waals surface area contributed by atoms with Gasteiger partial charge in [-0.2, -0.15) is 0 Å². The van der Waals surface area contributed by atoms with Crippen LogP contribution in [0.2, 0.25) is 0 Å². The third kappa shape index (κ3) is 7.25. The number of nitrogens with zero attached hydrogens (tertiary/aromatic N) is 2. The summed E-state index contributed by atoms with van der Waals surface area (Å²) in [4.78, 5) is 10.1. The second-order valence-electron chi connectivity index (χ2n) is 6.36. The Labute approximate surface area is 139 Å². The molecule has 0 amide bonds. The monoisotopic (exact) mass is 324 g/mol. The molecule has 0 fully saturated rings. The van der Waals surface area contributed by atoms with Gasteiger partial charge in [-0.1, -0.05) is 26.7 Å². The van der Waals surface area contributed by atoms with Crippen molar-refractivity contribution < 1.29 is 0 Å². The highest BCUT2D eigenvalue weighted by Crippen LogP contribution is 2.17. The molecule has 1 aromatic heterocycles. The zero-order chi connectivity index (χ0) is 16.5. The fraction of sp³-hybridized carbons (Fsp3) is 0.765. The number of aryl methyl sites for hydroxylation is 2. The third-order valence-electron chi connectivity index (χ3n) is 3.67. The Bertz CT molecular complexity index is 465. The predicted octanol–water partition coefficient (Wildman–Crippen LogP) is 3.68. The van der Waals surface area contributed by atoms with Gasteiger partial charge in [0.25, 0.3) is 0 Å². The van der Waals surface area contributed by atoms with Gasteiger partial charge in [0.15, 0.2) is 5.96 Å². The van der Waals surface area contributed by atoms with E-state index in [2.05, 4.69) is 55.2 Å². The number of nitrogens with one attached hydrogen (secondary N) is 2. The predicted molar refractivity (Wildman–Crippen MR) is 97.9 cm³/mol. The van der Waals surface area contributed by atoms with E-state index in [4.69, 9.17) is 0 Å². The van der Waals surface area contributed by atoms with Crippen molar-refractivity contribution in [3.05, 3.63) is 15.6 Å². The molecule has 5 heteroatoms. The summed E-state index contributed by atoms with van der Waals surface area (Å²) >= 11 is 1.79. The van der Waals surface area contributed by atoms with Gasteiger partial charge in [-0.3, -0.25) is 4.99 Å². The van der Waals surface area contributed by atoms with Crippen LogP contribution in [-0.4, -0.2) is 30.6 Å². The summed E-state index contributed by atoms with van der Waals surface area (Å²) in [5, 5.41) is 8.02. The third-order valence-corrected chi connectivity index (χ3v) is 4.80. The fourth-order valence-electron chi connectivity index (χ4n) is 2.43.